The molecule has 2 aliphatic rings. The molecule has 0 aliphatic heterocycles. The monoisotopic (exact) mass is 439 g/mol. The molecule has 1 aromatic rings. The largest absolute Gasteiger partial charge is 0.392 e. The summed E-state index contributed by atoms with van der Waals surface area (Å²) in [5.74, 6) is 0.353. The van der Waals surface area contributed by atoms with E-state index in [9.17, 15) is 19.8 Å². The fourth-order valence-corrected chi connectivity index (χ4v) is 4.25. The third-order valence-corrected chi connectivity index (χ3v) is 6.48. The van der Waals surface area contributed by atoms with E-state index >= 15 is 0 Å². The van der Waals surface area contributed by atoms with Crippen LogP contribution in [0.2, 0.25) is 0 Å². The van der Waals surface area contributed by atoms with Gasteiger partial charge in [0.15, 0.2) is 0 Å². The van der Waals surface area contributed by atoms with Crippen molar-refractivity contribution in [3.63, 3.8) is 0 Å². The maximum Gasteiger partial charge on any atom is 0.220 e. The summed E-state index contributed by atoms with van der Waals surface area (Å²) in [5.41, 5.74) is 1.18. The number of aryl methyl sites for hydroxylation is 1. The number of hydrogen-bond donors (Lipinski definition) is 3. The predicted molar refractivity (Wildman–Crippen MR) is 126 cm³/mol. The predicted octanol–water partition coefficient (Wildman–Crippen LogP) is 3.75. The molecule has 1 unspecified atom stereocenters. The van der Waals surface area contributed by atoms with Crippen LogP contribution in [0, 0.1) is 17.8 Å². The van der Waals surface area contributed by atoms with Crippen molar-refractivity contribution in [3.05, 3.63) is 60.2 Å². The number of Topliss-reactive ketones (excluding diaryl/α,β-unsaturated/α-hetero) is 1. The molecule has 3 rings (SSSR count). The Morgan fingerprint density at radius 2 is 1.97 bits per heavy atom. The van der Waals surface area contributed by atoms with E-state index in [2.05, 4.69) is 5.32 Å². The van der Waals surface area contributed by atoms with Gasteiger partial charge in [-0.05, 0) is 56.4 Å². The van der Waals surface area contributed by atoms with Gasteiger partial charge in [0, 0.05) is 31.2 Å². The van der Waals surface area contributed by atoms with Crippen molar-refractivity contribution in [3.8, 4) is 0 Å². The van der Waals surface area contributed by atoms with Crippen LogP contribution < -0.4 is 5.32 Å². The minimum atomic E-state index is -0.642. The number of allylic oxidation sites excluding steroid dienone is 3. The number of ketones is 1. The van der Waals surface area contributed by atoms with Gasteiger partial charge in [-0.2, -0.15) is 0 Å². The molecule has 5 heteroatoms. The summed E-state index contributed by atoms with van der Waals surface area (Å²) in [5, 5.41) is 23.6. The standard InChI is InChI=1S/C27H37NO4/c29-22(15-14-20-8-4-3-5-9-20)16-17-24-23(25(30)18-26(24)31)10-6-1-2-7-11-27(32)28-19-21-12-13-21/h1,3-6,8-9,16-17,21-25,29-30H,2,7,10-15,18-19H2,(H,28,32)/t22-,23?,24+,25-/m0/s1. The Morgan fingerprint density at radius 3 is 2.72 bits per heavy atom. The van der Waals surface area contributed by atoms with E-state index in [1.165, 1.54) is 18.4 Å². The molecule has 0 saturated heterocycles. The summed E-state index contributed by atoms with van der Waals surface area (Å²) in [6, 6.07) is 10.0. The van der Waals surface area contributed by atoms with E-state index in [-0.39, 0.29) is 29.9 Å². The zero-order valence-corrected chi connectivity index (χ0v) is 18.9. The van der Waals surface area contributed by atoms with Crippen LogP contribution in [-0.2, 0) is 16.0 Å². The van der Waals surface area contributed by atoms with Gasteiger partial charge >= 0.3 is 0 Å². The van der Waals surface area contributed by atoms with Crippen LogP contribution in [0.4, 0.5) is 0 Å². The van der Waals surface area contributed by atoms with Crippen LogP contribution in [0.1, 0.15) is 56.9 Å². The van der Waals surface area contributed by atoms with E-state index < -0.39 is 12.2 Å². The minimum Gasteiger partial charge on any atom is -0.392 e. The highest BCUT2D eigenvalue weighted by molar-refractivity contribution is 5.86. The zero-order valence-electron chi connectivity index (χ0n) is 18.9. The highest BCUT2D eigenvalue weighted by Crippen LogP contribution is 2.33. The third kappa shape index (κ3) is 8.36. The number of amides is 1. The second-order valence-corrected chi connectivity index (χ2v) is 9.25. The van der Waals surface area contributed by atoms with Gasteiger partial charge in [-0.25, -0.2) is 0 Å². The number of nitrogens with one attached hydrogen (secondary N) is 1. The summed E-state index contributed by atoms with van der Waals surface area (Å²) in [6.07, 6.45) is 13.1. The summed E-state index contributed by atoms with van der Waals surface area (Å²) in [4.78, 5) is 24.1. The second-order valence-electron chi connectivity index (χ2n) is 9.25. The van der Waals surface area contributed by atoms with Gasteiger partial charge in [0.1, 0.15) is 5.78 Å². The molecule has 0 spiro atoms. The molecule has 2 fully saturated rings. The Balaban J connectivity index is 1.37. The highest BCUT2D eigenvalue weighted by atomic mass is 16.3. The lowest BCUT2D eigenvalue weighted by atomic mass is 9.90. The SMILES string of the molecule is O=C(CCCC=CCC1[C@@H](O)CC(=O)[C@@H]1C=C[C@@H](O)CCc1ccccc1)NCC1CC1. The maximum absolute atomic E-state index is 12.3. The van der Waals surface area contributed by atoms with Crippen molar-refractivity contribution in [2.45, 2.75) is 70.0 Å². The van der Waals surface area contributed by atoms with Crippen LogP contribution in [0.3, 0.4) is 0 Å². The molecule has 1 amide bonds. The Morgan fingerprint density at radius 1 is 1.19 bits per heavy atom. The summed E-state index contributed by atoms with van der Waals surface area (Å²) in [7, 11) is 0. The first-order valence-corrected chi connectivity index (χ1v) is 12.1. The maximum atomic E-state index is 12.3. The van der Waals surface area contributed by atoms with Gasteiger partial charge in [0.25, 0.3) is 0 Å². The molecule has 4 atom stereocenters. The third-order valence-electron chi connectivity index (χ3n) is 6.48. The van der Waals surface area contributed by atoms with Crippen LogP contribution in [-0.4, -0.2) is 40.7 Å². The van der Waals surface area contributed by atoms with E-state index in [0.717, 1.165) is 25.8 Å². The normalized spacial score (nSPS) is 24.4. The molecule has 2 saturated carbocycles. The molecular weight excluding hydrogens is 402 g/mol. The number of benzene rings is 1. The van der Waals surface area contributed by atoms with Gasteiger partial charge in [-0.3, -0.25) is 9.59 Å². The first kappa shape index (κ1) is 24.4. The van der Waals surface area contributed by atoms with Crippen molar-refractivity contribution in [2.24, 2.45) is 17.8 Å². The zero-order chi connectivity index (χ0) is 22.8. The van der Waals surface area contributed by atoms with Gasteiger partial charge in [-0.1, -0.05) is 54.6 Å². The van der Waals surface area contributed by atoms with Crippen LogP contribution in [0.5, 0.6) is 0 Å². The molecule has 1 aromatic carbocycles. The molecule has 0 radical (unpaired) electrons. The highest BCUT2D eigenvalue weighted by Gasteiger charge is 2.39. The molecular formula is C27H37NO4. The summed E-state index contributed by atoms with van der Waals surface area (Å²) in [6.45, 7) is 0.818. The first-order valence-electron chi connectivity index (χ1n) is 12.1. The van der Waals surface area contributed by atoms with Crippen LogP contribution >= 0.6 is 0 Å². The van der Waals surface area contributed by atoms with Crippen molar-refractivity contribution >= 4 is 11.7 Å². The molecule has 0 aromatic heterocycles. The van der Waals surface area contributed by atoms with E-state index in [1.807, 2.05) is 42.5 Å². The number of rotatable bonds is 13. The number of carbonyl (C=O) groups excluding carboxylic acids is 2. The molecule has 32 heavy (non-hydrogen) atoms. The summed E-state index contributed by atoms with van der Waals surface area (Å²) >= 11 is 0. The average Bonchev–Trinajstić information content (AvgIpc) is 3.58. The summed E-state index contributed by atoms with van der Waals surface area (Å²) < 4.78 is 0. The Hall–Kier alpha value is -2.24. The molecule has 0 heterocycles. The molecule has 3 N–H and O–H groups in total. The van der Waals surface area contributed by atoms with Gasteiger partial charge in [0.05, 0.1) is 12.2 Å². The van der Waals surface area contributed by atoms with Crippen molar-refractivity contribution in [2.75, 3.05) is 6.54 Å². The fourth-order valence-electron chi connectivity index (χ4n) is 4.25. The molecule has 2 aliphatic carbocycles. The Bertz CT molecular complexity index is 784. The smallest absolute Gasteiger partial charge is 0.220 e. The quantitative estimate of drug-likeness (QED) is 0.323. The van der Waals surface area contributed by atoms with E-state index in [0.29, 0.717) is 25.2 Å². The van der Waals surface area contributed by atoms with Crippen molar-refractivity contribution in [1.29, 1.82) is 0 Å². The number of aliphatic hydroxyl groups excluding tert-OH is 2. The number of unbranched alkanes of at least 4 members (excludes halogenated alkanes) is 1. The topological polar surface area (TPSA) is 86.6 Å². The lowest BCUT2D eigenvalue weighted by Gasteiger charge is -2.17. The lowest BCUT2D eigenvalue weighted by molar-refractivity contribution is -0.121. The minimum absolute atomic E-state index is 0.0368. The molecule has 174 valence electrons. The van der Waals surface area contributed by atoms with Gasteiger partial charge in [-0.15, -0.1) is 0 Å². The van der Waals surface area contributed by atoms with Gasteiger partial charge in [0.2, 0.25) is 5.91 Å². The fraction of sp³-hybridized carbons (Fsp3) is 0.556. The Kier molecular flexibility index (Phi) is 9.69. The van der Waals surface area contributed by atoms with E-state index in [1.54, 1.807) is 12.2 Å². The molecule has 0 bridgehead atoms. The van der Waals surface area contributed by atoms with Gasteiger partial charge < -0.3 is 15.5 Å². The first-order chi connectivity index (χ1) is 15.5. The number of aliphatic hydroxyl groups is 2. The number of hydrogen-bond acceptors (Lipinski definition) is 4. The van der Waals surface area contributed by atoms with Crippen LogP contribution in [0.25, 0.3) is 0 Å². The van der Waals surface area contributed by atoms with Crippen LogP contribution in [0.15, 0.2) is 54.6 Å². The Labute approximate surface area is 191 Å². The second kappa shape index (κ2) is 12.7. The molecule has 5 nitrogen and oxygen atoms in total. The number of carbonyl (C=O) groups is 2. The lowest BCUT2D eigenvalue weighted by Crippen LogP contribution is -2.24. The average molecular weight is 440 g/mol. The van der Waals surface area contributed by atoms with Crippen molar-refractivity contribution in [1.82, 2.24) is 5.32 Å². The van der Waals surface area contributed by atoms with E-state index in [4.69, 9.17) is 0 Å². The van der Waals surface area contributed by atoms with Crippen molar-refractivity contribution < 1.29 is 19.8 Å².